The number of aliphatic hydroxyl groups excluding tert-OH is 1. The number of ether oxygens (including phenoxy) is 1. The predicted molar refractivity (Wildman–Crippen MR) is 101 cm³/mol. The van der Waals surface area contributed by atoms with Gasteiger partial charge in [-0.3, -0.25) is 9.40 Å². The second-order valence-corrected chi connectivity index (χ2v) is 14.0. The van der Waals surface area contributed by atoms with Gasteiger partial charge in [0, 0.05) is 6.42 Å². The summed E-state index contributed by atoms with van der Waals surface area (Å²) in [6.45, 7) is 10.8. The van der Waals surface area contributed by atoms with Crippen LogP contribution in [0.25, 0.3) is 11.2 Å². The second kappa shape index (κ2) is 6.53. The molecule has 26 heavy (non-hydrogen) atoms. The summed E-state index contributed by atoms with van der Waals surface area (Å²) >= 11 is 0. The standard InChI is InChI=1S/C16H28N6O3Si/c1-16(2,3)26(4,5)15(23)12-9(25-18)6-10(24-12)22-8-21-11-13(17)19-7-20-14(11)22/h7-10,12,15,23H,6,18H2,1-5H3,(H2,17,19,20)/t9-,10+,12-,15?/m0/s1. The zero-order chi connectivity index (χ0) is 19.3. The van der Waals surface area contributed by atoms with Crippen LogP contribution in [0.2, 0.25) is 18.1 Å². The molecule has 0 aromatic carbocycles. The molecule has 0 amide bonds. The molecule has 4 atom stereocenters. The molecule has 1 saturated heterocycles. The van der Waals surface area contributed by atoms with Crippen LogP contribution in [0.5, 0.6) is 0 Å². The Morgan fingerprint density at radius 2 is 2.04 bits per heavy atom. The van der Waals surface area contributed by atoms with Crippen LogP contribution in [-0.2, 0) is 9.57 Å². The zero-order valence-corrected chi connectivity index (χ0v) is 16.9. The van der Waals surface area contributed by atoms with Crippen LogP contribution in [0.1, 0.15) is 33.4 Å². The molecule has 1 fully saturated rings. The highest BCUT2D eigenvalue weighted by Crippen LogP contribution is 2.43. The number of nitrogens with two attached hydrogens (primary N) is 2. The van der Waals surface area contributed by atoms with Crippen LogP contribution in [-0.4, -0.2) is 50.6 Å². The molecule has 0 aliphatic carbocycles. The van der Waals surface area contributed by atoms with Gasteiger partial charge < -0.3 is 15.6 Å². The van der Waals surface area contributed by atoms with Gasteiger partial charge in [-0.1, -0.05) is 33.9 Å². The van der Waals surface area contributed by atoms with Gasteiger partial charge in [0.25, 0.3) is 0 Å². The number of rotatable bonds is 4. The molecule has 1 aliphatic heterocycles. The van der Waals surface area contributed by atoms with E-state index in [0.29, 0.717) is 23.4 Å². The summed E-state index contributed by atoms with van der Waals surface area (Å²) in [4.78, 5) is 17.7. The third-order valence-corrected chi connectivity index (χ3v) is 11.6. The van der Waals surface area contributed by atoms with E-state index >= 15 is 0 Å². The molecule has 0 radical (unpaired) electrons. The van der Waals surface area contributed by atoms with Gasteiger partial charge in [0.05, 0.1) is 20.1 Å². The Kier molecular flexibility index (Phi) is 4.82. The van der Waals surface area contributed by atoms with Crippen molar-refractivity contribution in [3.63, 3.8) is 0 Å². The van der Waals surface area contributed by atoms with Crippen molar-refractivity contribution in [2.24, 2.45) is 5.90 Å². The lowest BCUT2D eigenvalue weighted by atomic mass is 10.2. The SMILES string of the molecule is CC(C)(C)[Si](C)(C)C(O)[C@H]1O[C@@H](n2cnc3c(N)ncnc32)C[C@@H]1ON. The maximum atomic E-state index is 11.1. The molecule has 3 rings (SSSR count). The molecule has 144 valence electrons. The van der Waals surface area contributed by atoms with Crippen LogP contribution >= 0.6 is 0 Å². The Hall–Kier alpha value is -1.59. The first-order valence-corrected chi connectivity index (χ1v) is 11.8. The molecule has 0 saturated carbocycles. The van der Waals surface area contributed by atoms with Crippen LogP contribution < -0.4 is 11.6 Å². The third kappa shape index (κ3) is 3.01. The number of imidazole rings is 1. The molecule has 1 unspecified atom stereocenters. The number of hydrogen-bond donors (Lipinski definition) is 3. The molecule has 10 heteroatoms. The third-order valence-electron chi connectivity index (χ3n) is 5.97. The van der Waals surface area contributed by atoms with E-state index in [4.69, 9.17) is 21.2 Å². The molecule has 2 aromatic rings. The highest BCUT2D eigenvalue weighted by atomic mass is 28.3. The molecule has 2 aromatic heterocycles. The Labute approximate surface area is 153 Å². The van der Waals surface area contributed by atoms with Crippen LogP contribution in [0, 0.1) is 0 Å². The lowest BCUT2D eigenvalue weighted by molar-refractivity contribution is -0.0768. The Morgan fingerprint density at radius 1 is 1.35 bits per heavy atom. The van der Waals surface area contributed by atoms with Crippen molar-refractivity contribution in [2.45, 2.75) is 69.5 Å². The first kappa shape index (κ1) is 19.2. The van der Waals surface area contributed by atoms with E-state index in [9.17, 15) is 5.11 Å². The minimum Gasteiger partial charge on any atom is -0.394 e. The number of nitrogens with zero attached hydrogens (tertiary/aromatic N) is 4. The molecular weight excluding hydrogens is 352 g/mol. The molecule has 1 aliphatic rings. The molecule has 3 heterocycles. The summed E-state index contributed by atoms with van der Waals surface area (Å²) in [7, 11) is -2.08. The van der Waals surface area contributed by atoms with E-state index in [1.54, 1.807) is 10.9 Å². The van der Waals surface area contributed by atoms with Crippen molar-refractivity contribution < 1.29 is 14.7 Å². The summed E-state index contributed by atoms with van der Waals surface area (Å²) in [5, 5.41) is 11.1. The van der Waals surface area contributed by atoms with E-state index in [1.165, 1.54) is 6.33 Å². The van der Waals surface area contributed by atoms with Gasteiger partial charge >= 0.3 is 0 Å². The molecule has 5 N–H and O–H groups in total. The lowest BCUT2D eigenvalue weighted by Gasteiger charge is -2.43. The summed E-state index contributed by atoms with van der Waals surface area (Å²) in [6.07, 6.45) is 2.18. The number of aromatic nitrogens is 4. The smallest absolute Gasteiger partial charge is 0.167 e. The van der Waals surface area contributed by atoms with E-state index in [1.807, 2.05) is 0 Å². The highest BCUT2D eigenvalue weighted by Gasteiger charge is 2.51. The van der Waals surface area contributed by atoms with Gasteiger partial charge in [0.1, 0.15) is 30.3 Å². The summed E-state index contributed by atoms with van der Waals surface area (Å²) in [5.41, 5.74) is 6.33. The number of nitrogen functional groups attached to an aromatic ring is 1. The van der Waals surface area contributed by atoms with Gasteiger partial charge in [0.15, 0.2) is 11.5 Å². The number of fused-ring (bicyclic) bond motifs is 1. The molecule has 0 spiro atoms. The van der Waals surface area contributed by atoms with Gasteiger partial charge in [-0.15, -0.1) is 0 Å². The first-order chi connectivity index (χ1) is 12.1. The normalized spacial score (nSPS) is 25.7. The maximum Gasteiger partial charge on any atom is 0.167 e. The van der Waals surface area contributed by atoms with E-state index in [-0.39, 0.29) is 5.04 Å². The largest absolute Gasteiger partial charge is 0.394 e. The number of anilines is 1. The average Bonchev–Trinajstić information content (AvgIpc) is 3.17. The van der Waals surface area contributed by atoms with Crippen molar-refractivity contribution in [3.8, 4) is 0 Å². The predicted octanol–water partition coefficient (Wildman–Crippen LogP) is 1.36. The van der Waals surface area contributed by atoms with Gasteiger partial charge in [-0.2, -0.15) is 0 Å². The molecule has 9 nitrogen and oxygen atoms in total. The lowest BCUT2D eigenvalue weighted by Crippen LogP contribution is -2.57. The van der Waals surface area contributed by atoms with Gasteiger partial charge in [-0.25, -0.2) is 20.8 Å². The maximum absolute atomic E-state index is 11.1. The second-order valence-electron chi connectivity index (χ2n) is 8.47. The fourth-order valence-corrected chi connectivity index (χ4v) is 5.18. The summed E-state index contributed by atoms with van der Waals surface area (Å²) < 4.78 is 7.99. The van der Waals surface area contributed by atoms with Crippen molar-refractivity contribution in [2.75, 3.05) is 5.73 Å². The minimum atomic E-state index is -2.08. The van der Waals surface area contributed by atoms with Gasteiger partial charge in [-0.05, 0) is 5.04 Å². The van der Waals surface area contributed by atoms with E-state index < -0.39 is 32.2 Å². The minimum absolute atomic E-state index is 0.00358. The Morgan fingerprint density at radius 3 is 2.65 bits per heavy atom. The fraction of sp³-hybridized carbons (Fsp3) is 0.688. The van der Waals surface area contributed by atoms with Crippen molar-refractivity contribution >= 4 is 25.1 Å². The number of hydrogen-bond acceptors (Lipinski definition) is 8. The van der Waals surface area contributed by atoms with Crippen LogP contribution in [0.4, 0.5) is 5.82 Å². The zero-order valence-electron chi connectivity index (χ0n) is 15.9. The fourth-order valence-electron chi connectivity index (χ4n) is 3.18. The van der Waals surface area contributed by atoms with Crippen molar-refractivity contribution in [1.82, 2.24) is 19.5 Å². The quantitative estimate of drug-likeness (QED) is 0.534. The average molecular weight is 381 g/mol. The first-order valence-electron chi connectivity index (χ1n) is 8.70. The summed E-state index contributed by atoms with van der Waals surface area (Å²) in [5.74, 6) is 5.84. The van der Waals surface area contributed by atoms with Crippen LogP contribution in [0.15, 0.2) is 12.7 Å². The Bertz CT molecular complexity index is 790. The molecule has 0 bridgehead atoms. The van der Waals surface area contributed by atoms with Crippen molar-refractivity contribution in [3.05, 3.63) is 12.7 Å². The van der Waals surface area contributed by atoms with Gasteiger partial charge in [0.2, 0.25) is 0 Å². The Balaban J connectivity index is 1.90. The van der Waals surface area contributed by atoms with Crippen molar-refractivity contribution in [1.29, 1.82) is 0 Å². The topological polar surface area (TPSA) is 134 Å². The van der Waals surface area contributed by atoms with E-state index in [2.05, 4.69) is 48.8 Å². The van der Waals surface area contributed by atoms with Crippen LogP contribution in [0.3, 0.4) is 0 Å². The number of aliphatic hydroxyl groups is 1. The summed E-state index contributed by atoms with van der Waals surface area (Å²) in [6, 6.07) is 0. The molecular formula is C16H28N6O3Si. The van der Waals surface area contributed by atoms with E-state index in [0.717, 1.165) is 0 Å². The monoisotopic (exact) mass is 380 g/mol. The highest BCUT2D eigenvalue weighted by molar-refractivity contribution is 6.81.